The maximum atomic E-state index is 11.7. The van der Waals surface area contributed by atoms with Crippen LogP contribution in [0.1, 0.15) is 13.3 Å². The second-order valence-corrected chi connectivity index (χ2v) is 4.89. The molecular formula is C12H21N5O7. The molecule has 0 aromatic carbocycles. The van der Waals surface area contributed by atoms with Crippen molar-refractivity contribution in [2.45, 2.75) is 31.5 Å². The van der Waals surface area contributed by atoms with Crippen LogP contribution in [-0.2, 0) is 24.0 Å². The molecule has 12 nitrogen and oxygen atoms in total. The van der Waals surface area contributed by atoms with Crippen molar-refractivity contribution in [2.24, 2.45) is 11.5 Å². The molecule has 0 heterocycles. The molecule has 0 aromatic heterocycles. The molecule has 12 heteroatoms. The minimum Gasteiger partial charge on any atom is -0.480 e. The first kappa shape index (κ1) is 21.3. The number of aliphatic hydroxyl groups excluding tert-OH is 1. The van der Waals surface area contributed by atoms with E-state index in [0.29, 0.717) is 0 Å². The monoisotopic (exact) mass is 347 g/mol. The quantitative estimate of drug-likeness (QED) is 0.203. The molecule has 3 unspecified atom stereocenters. The molecule has 0 aromatic rings. The second kappa shape index (κ2) is 10.1. The Bertz CT molecular complexity index is 508. The van der Waals surface area contributed by atoms with Crippen LogP contribution in [0.2, 0.25) is 0 Å². The van der Waals surface area contributed by atoms with Crippen LogP contribution >= 0.6 is 0 Å². The van der Waals surface area contributed by atoms with Crippen molar-refractivity contribution in [2.75, 3.05) is 13.1 Å². The second-order valence-electron chi connectivity index (χ2n) is 4.89. The highest BCUT2D eigenvalue weighted by molar-refractivity contribution is 5.93. The van der Waals surface area contributed by atoms with Gasteiger partial charge in [-0.05, 0) is 6.92 Å². The molecule has 0 rings (SSSR count). The van der Waals surface area contributed by atoms with Crippen molar-refractivity contribution < 1.29 is 34.2 Å². The third kappa shape index (κ3) is 8.65. The summed E-state index contributed by atoms with van der Waals surface area (Å²) in [6.07, 6.45) is -1.71. The molecule has 0 bridgehead atoms. The van der Waals surface area contributed by atoms with Gasteiger partial charge in [0.05, 0.1) is 25.1 Å². The number of aliphatic carboxylic acids is 1. The minimum atomic E-state index is -1.41. The average Bonchev–Trinajstić information content (AvgIpc) is 2.46. The summed E-state index contributed by atoms with van der Waals surface area (Å²) in [4.78, 5) is 55.9. The fraction of sp³-hybridized carbons (Fsp3) is 0.583. The van der Waals surface area contributed by atoms with Crippen molar-refractivity contribution in [3.8, 4) is 0 Å². The van der Waals surface area contributed by atoms with E-state index in [1.165, 1.54) is 6.92 Å². The molecule has 0 aliphatic heterocycles. The molecule has 0 radical (unpaired) electrons. The van der Waals surface area contributed by atoms with Gasteiger partial charge in [-0.2, -0.15) is 0 Å². The number of carbonyl (C=O) groups excluding carboxylic acids is 4. The van der Waals surface area contributed by atoms with Gasteiger partial charge in [0.25, 0.3) is 0 Å². The van der Waals surface area contributed by atoms with Gasteiger partial charge >= 0.3 is 5.97 Å². The van der Waals surface area contributed by atoms with Gasteiger partial charge in [-0.1, -0.05) is 0 Å². The first-order valence-electron chi connectivity index (χ1n) is 6.83. The van der Waals surface area contributed by atoms with Gasteiger partial charge in [-0.15, -0.1) is 0 Å². The third-order valence-corrected chi connectivity index (χ3v) is 2.68. The lowest BCUT2D eigenvalue weighted by molar-refractivity contribution is -0.139. The Balaban J connectivity index is 4.48. The van der Waals surface area contributed by atoms with Gasteiger partial charge in [-0.25, -0.2) is 0 Å². The minimum absolute atomic E-state index is 0.401. The van der Waals surface area contributed by atoms with Crippen LogP contribution in [0.15, 0.2) is 0 Å². The summed E-state index contributed by atoms with van der Waals surface area (Å²) >= 11 is 0. The number of hydrogen-bond acceptors (Lipinski definition) is 7. The summed E-state index contributed by atoms with van der Waals surface area (Å²) < 4.78 is 0. The van der Waals surface area contributed by atoms with E-state index < -0.39 is 67.3 Å². The van der Waals surface area contributed by atoms with Gasteiger partial charge in [0, 0.05) is 0 Å². The molecule has 9 N–H and O–H groups in total. The van der Waals surface area contributed by atoms with Gasteiger partial charge in [0.1, 0.15) is 12.6 Å². The van der Waals surface area contributed by atoms with Gasteiger partial charge < -0.3 is 37.6 Å². The van der Waals surface area contributed by atoms with Crippen molar-refractivity contribution in [3.05, 3.63) is 0 Å². The Morgan fingerprint density at radius 2 is 1.58 bits per heavy atom. The number of amides is 4. The summed E-state index contributed by atoms with van der Waals surface area (Å²) in [5.74, 6) is -4.61. The fourth-order valence-corrected chi connectivity index (χ4v) is 1.51. The number of hydrogen-bond donors (Lipinski definition) is 7. The first-order chi connectivity index (χ1) is 11.0. The summed E-state index contributed by atoms with van der Waals surface area (Å²) in [7, 11) is 0. The van der Waals surface area contributed by atoms with Crippen LogP contribution in [0, 0.1) is 0 Å². The Labute approximate surface area is 136 Å². The Morgan fingerprint density at radius 1 is 1.04 bits per heavy atom. The third-order valence-electron chi connectivity index (χ3n) is 2.68. The molecule has 0 saturated carbocycles. The van der Waals surface area contributed by atoms with Crippen LogP contribution in [0.25, 0.3) is 0 Å². The normalized spacial score (nSPS) is 14.0. The summed E-state index contributed by atoms with van der Waals surface area (Å²) in [6, 6.07) is -2.63. The molecule has 0 saturated heterocycles. The van der Waals surface area contributed by atoms with Crippen LogP contribution in [0.4, 0.5) is 0 Å². The van der Waals surface area contributed by atoms with E-state index in [9.17, 15) is 29.1 Å². The zero-order valence-corrected chi connectivity index (χ0v) is 12.9. The maximum absolute atomic E-state index is 11.7. The first-order valence-corrected chi connectivity index (χ1v) is 6.83. The number of nitrogens with one attached hydrogen (secondary N) is 3. The van der Waals surface area contributed by atoms with Crippen molar-refractivity contribution in [3.63, 3.8) is 0 Å². The lowest BCUT2D eigenvalue weighted by Gasteiger charge is -2.20. The SMILES string of the molecule is CC(O)C(NC(=O)CNC(=O)C(N)CC(N)=O)C(=O)NCC(=O)O. The van der Waals surface area contributed by atoms with Crippen molar-refractivity contribution in [1.82, 2.24) is 16.0 Å². The lowest BCUT2D eigenvalue weighted by Crippen LogP contribution is -2.55. The van der Waals surface area contributed by atoms with E-state index in [2.05, 4.69) is 10.6 Å². The standard InChI is InChI=1S/C12H21N5O7/c1-5(18)10(12(24)16-4-9(21)22)17-8(20)3-15-11(23)6(13)2-7(14)19/h5-6,10,18H,2-4,13H2,1H3,(H2,14,19)(H,15,23)(H,16,24)(H,17,20)(H,21,22). The number of carboxylic acid groups (broad SMARTS) is 1. The molecule has 136 valence electrons. The van der Waals surface area contributed by atoms with Gasteiger partial charge in [-0.3, -0.25) is 24.0 Å². The Kier molecular flexibility index (Phi) is 8.97. The van der Waals surface area contributed by atoms with Crippen molar-refractivity contribution >= 4 is 29.6 Å². The molecule has 4 amide bonds. The summed E-state index contributed by atoms with van der Waals surface area (Å²) in [5.41, 5.74) is 10.2. The van der Waals surface area contributed by atoms with Crippen LogP contribution in [-0.4, -0.2) is 71.1 Å². The molecule has 3 atom stereocenters. The smallest absolute Gasteiger partial charge is 0.322 e. The maximum Gasteiger partial charge on any atom is 0.322 e. The number of rotatable bonds is 10. The van der Waals surface area contributed by atoms with Crippen LogP contribution < -0.4 is 27.4 Å². The summed E-state index contributed by atoms with van der Waals surface area (Å²) in [6.45, 7) is -0.0377. The predicted molar refractivity (Wildman–Crippen MR) is 79.1 cm³/mol. The number of carbonyl (C=O) groups is 5. The highest BCUT2D eigenvalue weighted by Crippen LogP contribution is 1.93. The number of aliphatic hydroxyl groups is 1. The highest BCUT2D eigenvalue weighted by atomic mass is 16.4. The van der Waals surface area contributed by atoms with Crippen LogP contribution in [0.5, 0.6) is 0 Å². The highest BCUT2D eigenvalue weighted by Gasteiger charge is 2.26. The summed E-state index contributed by atoms with van der Waals surface area (Å²) in [5, 5.41) is 24.2. The van der Waals surface area contributed by atoms with E-state index in [-0.39, 0.29) is 0 Å². The topological polar surface area (TPSA) is 214 Å². The van der Waals surface area contributed by atoms with E-state index in [1.54, 1.807) is 0 Å². The van der Waals surface area contributed by atoms with Crippen LogP contribution in [0.3, 0.4) is 0 Å². The molecule has 0 spiro atoms. The molecule has 0 aliphatic rings. The van der Waals surface area contributed by atoms with Crippen molar-refractivity contribution in [1.29, 1.82) is 0 Å². The van der Waals surface area contributed by atoms with E-state index in [0.717, 1.165) is 0 Å². The fourth-order valence-electron chi connectivity index (χ4n) is 1.51. The lowest BCUT2D eigenvalue weighted by atomic mass is 10.1. The zero-order valence-electron chi connectivity index (χ0n) is 12.9. The zero-order chi connectivity index (χ0) is 18.9. The molecule has 24 heavy (non-hydrogen) atoms. The average molecular weight is 347 g/mol. The molecular weight excluding hydrogens is 326 g/mol. The van der Waals surface area contributed by atoms with Gasteiger partial charge in [0.2, 0.25) is 23.6 Å². The number of nitrogens with two attached hydrogens (primary N) is 2. The number of carboxylic acids is 1. The predicted octanol–water partition coefficient (Wildman–Crippen LogP) is -4.63. The van der Waals surface area contributed by atoms with E-state index in [4.69, 9.17) is 16.6 Å². The van der Waals surface area contributed by atoms with E-state index in [1.807, 2.05) is 5.32 Å². The van der Waals surface area contributed by atoms with E-state index >= 15 is 0 Å². The number of primary amides is 1. The van der Waals surface area contributed by atoms with Gasteiger partial charge in [0.15, 0.2) is 0 Å². The Morgan fingerprint density at radius 3 is 2.04 bits per heavy atom. The molecule has 0 aliphatic carbocycles. The Hall–Kier alpha value is -2.73. The largest absolute Gasteiger partial charge is 0.480 e. The molecule has 0 fully saturated rings.